The highest BCUT2D eigenvalue weighted by atomic mass is 16.2. The number of hydrogen-bond donors (Lipinski definition) is 3. The van der Waals surface area contributed by atoms with E-state index in [0.717, 1.165) is 22.2 Å². The van der Waals surface area contributed by atoms with Gasteiger partial charge in [-0.05, 0) is 38.1 Å². The molecule has 4 rings (SSSR count). The van der Waals surface area contributed by atoms with Crippen LogP contribution in [0.15, 0.2) is 53.5 Å². The molecule has 146 valence electrons. The van der Waals surface area contributed by atoms with Gasteiger partial charge in [-0.25, -0.2) is 15.0 Å². The van der Waals surface area contributed by atoms with E-state index in [-0.39, 0.29) is 24.2 Å². The van der Waals surface area contributed by atoms with Crippen molar-refractivity contribution in [2.45, 2.75) is 26.3 Å². The third-order valence-electron chi connectivity index (χ3n) is 4.54. The molecule has 0 fully saturated rings. The Morgan fingerprint density at radius 3 is 2.69 bits per heavy atom. The number of aliphatic imine (C=N–C) groups is 1. The first-order valence-corrected chi connectivity index (χ1v) is 9.23. The lowest BCUT2D eigenvalue weighted by Gasteiger charge is -2.21. The number of anilines is 2. The second-order valence-corrected chi connectivity index (χ2v) is 6.88. The molecule has 0 radical (unpaired) electrons. The fourth-order valence-corrected chi connectivity index (χ4v) is 3.11. The monoisotopic (exact) mass is 388 g/mol. The number of amides is 2. The van der Waals surface area contributed by atoms with E-state index in [1.807, 2.05) is 50.2 Å². The van der Waals surface area contributed by atoms with Gasteiger partial charge in [-0.1, -0.05) is 29.8 Å². The highest BCUT2D eigenvalue weighted by Crippen LogP contribution is 2.19. The summed E-state index contributed by atoms with van der Waals surface area (Å²) in [7, 11) is 0. The van der Waals surface area contributed by atoms with Gasteiger partial charge in [0.1, 0.15) is 6.04 Å². The Labute approximate surface area is 167 Å². The van der Waals surface area contributed by atoms with E-state index in [1.54, 1.807) is 12.1 Å². The van der Waals surface area contributed by atoms with Crippen LogP contribution in [0.4, 0.5) is 11.6 Å². The van der Waals surface area contributed by atoms with Crippen molar-refractivity contribution in [1.82, 2.24) is 15.3 Å². The van der Waals surface area contributed by atoms with E-state index in [9.17, 15) is 9.59 Å². The summed E-state index contributed by atoms with van der Waals surface area (Å²) in [6.45, 7) is 3.91. The molecule has 0 saturated heterocycles. The average molecular weight is 388 g/mol. The summed E-state index contributed by atoms with van der Waals surface area (Å²) < 4.78 is 0. The van der Waals surface area contributed by atoms with Crippen molar-refractivity contribution >= 4 is 40.3 Å². The number of nitrogens with one attached hydrogen (secondary N) is 3. The minimum absolute atomic E-state index is 0.0271. The Morgan fingerprint density at radius 1 is 1.10 bits per heavy atom. The summed E-state index contributed by atoms with van der Waals surface area (Å²) in [4.78, 5) is 37.9. The van der Waals surface area contributed by atoms with Crippen molar-refractivity contribution in [2.24, 2.45) is 4.99 Å². The van der Waals surface area contributed by atoms with E-state index < -0.39 is 6.04 Å². The summed E-state index contributed by atoms with van der Waals surface area (Å²) in [5.74, 6) is -0.192. The molecule has 3 N–H and O–H groups in total. The number of fused-ring (bicyclic) bond motifs is 1. The lowest BCUT2D eigenvalue weighted by Crippen LogP contribution is -2.46. The standard InChI is InChI=1S/C21H20N6O2/c1-12-8-9-16-15(10-12)13(2)22-20(24-16)27-21-25-17(11-18(28)26-21)19(29)23-14-6-4-3-5-7-14/h3-10,17H,11H2,1-2H3,(H,23,29)(H2,22,24,25,26,27,28). The van der Waals surface area contributed by atoms with Crippen molar-refractivity contribution in [1.29, 1.82) is 0 Å². The fraction of sp³-hybridized carbons (Fsp3) is 0.190. The van der Waals surface area contributed by atoms with Crippen LogP contribution < -0.4 is 16.0 Å². The molecule has 8 nitrogen and oxygen atoms in total. The average Bonchev–Trinajstić information content (AvgIpc) is 2.69. The molecule has 2 aromatic carbocycles. The first kappa shape index (κ1) is 18.5. The Morgan fingerprint density at radius 2 is 1.90 bits per heavy atom. The van der Waals surface area contributed by atoms with Gasteiger partial charge in [0.05, 0.1) is 17.6 Å². The molecule has 1 aliphatic rings. The minimum atomic E-state index is -0.837. The van der Waals surface area contributed by atoms with Crippen LogP contribution in [0.5, 0.6) is 0 Å². The largest absolute Gasteiger partial charge is 0.324 e. The lowest BCUT2D eigenvalue weighted by molar-refractivity contribution is -0.124. The number of guanidine groups is 1. The van der Waals surface area contributed by atoms with E-state index in [0.29, 0.717) is 11.6 Å². The van der Waals surface area contributed by atoms with Gasteiger partial charge in [0.25, 0.3) is 0 Å². The first-order valence-electron chi connectivity index (χ1n) is 9.23. The molecule has 0 bridgehead atoms. The maximum absolute atomic E-state index is 12.5. The van der Waals surface area contributed by atoms with Crippen LogP contribution in [0.2, 0.25) is 0 Å². The third kappa shape index (κ3) is 4.21. The van der Waals surface area contributed by atoms with Gasteiger partial charge in [-0.3, -0.25) is 20.2 Å². The van der Waals surface area contributed by atoms with Crippen LogP contribution in [0.3, 0.4) is 0 Å². The molecular formula is C21H20N6O2. The van der Waals surface area contributed by atoms with E-state index in [1.165, 1.54) is 0 Å². The Hall–Kier alpha value is -3.81. The SMILES string of the molecule is Cc1ccc2nc(NC3=NC(C(=O)Nc4ccccc4)CC(=O)N3)nc(C)c2c1. The zero-order valence-electron chi connectivity index (χ0n) is 16.1. The molecule has 1 aromatic heterocycles. The first-order chi connectivity index (χ1) is 14.0. The Kier molecular flexibility index (Phi) is 4.90. The predicted molar refractivity (Wildman–Crippen MR) is 112 cm³/mol. The molecule has 2 amide bonds. The van der Waals surface area contributed by atoms with Gasteiger partial charge in [0, 0.05) is 11.1 Å². The zero-order chi connectivity index (χ0) is 20.4. The number of carbonyl (C=O) groups excluding carboxylic acids is 2. The van der Waals surface area contributed by atoms with Crippen LogP contribution in [-0.2, 0) is 9.59 Å². The van der Waals surface area contributed by atoms with Gasteiger partial charge in [-0.15, -0.1) is 0 Å². The topological polar surface area (TPSA) is 108 Å². The van der Waals surface area contributed by atoms with Crippen LogP contribution in [-0.4, -0.2) is 33.8 Å². The summed E-state index contributed by atoms with van der Waals surface area (Å²) in [5, 5.41) is 9.29. The Balaban J connectivity index is 1.56. The van der Waals surface area contributed by atoms with Gasteiger partial charge in [0.2, 0.25) is 23.7 Å². The van der Waals surface area contributed by atoms with Gasteiger partial charge in [-0.2, -0.15) is 0 Å². The van der Waals surface area contributed by atoms with Crippen LogP contribution >= 0.6 is 0 Å². The smallest absolute Gasteiger partial charge is 0.249 e. The Bertz CT molecular complexity index is 1130. The summed E-state index contributed by atoms with van der Waals surface area (Å²) in [6.07, 6.45) is -0.0271. The van der Waals surface area contributed by atoms with E-state index in [2.05, 4.69) is 30.9 Å². The quantitative estimate of drug-likeness (QED) is 0.639. The molecule has 3 aromatic rings. The predicted octanol–water partition coefficient (Wildman–Crippen LogP) is 2.54. The second kappa shape index (κ2) is 7.67. The van der Waals surface area contributed by atoms with E-state index >= 15 is 0 Å². The number of aromatic nitrogens is 2. The lowest BCUT2D eigenvalue weighted by atomic mass is 10.1. The van der Waals surface area contributed by atoms with Gasteiger partial charge in [0.15, 0.2) is 0 Å². The van der Waals surface area contributed by atoms with Crippen molar-refractivity contribution in [3.05, 3.63) is 59.8 Å². The number of benzene rings is 2. The molecule has 0 spiro atoms. The molecule has 1 aliphatic heterocycles. The minimum Gasteiger partial charge on any atom is -0.324 e. The highest BCUT2D eigenvalue weighted by Gasteiger charge is 2.27. The summed E-state index contributed by atoms with van der Waals surface area (Å²) in [5.41, 5.74) is 3.37. The zero-order valence-corrected chi connectivity index (χ0v) is 16.1. The summed E-state index contributed by atoms with van der Waals surface area (Å²) in [6, 6.07) is 14.1. The highest BCUT2D eigenvalue weighted by molar-refractivity contribution is 6.09. The maximum atomic E-state index is 12.5. The number of carbonyl (C=O) groups is 2. The van der Waals surface area contributed by atoms with Gasteiger partial charge >= 0.3 is 0 Å². The maximum Gasteiger partial charge on any atom is 0.249 e. The number of aryl methyl sites for hydroxylation is 2. The second-order valence-electron chi connectivity index (χ2n) is 6.88. The molecule has 1 atom stereocenters. The summed E-state index contributed by atoms with van der Waals surface area (Å²) >= 11 is 0. The van der Waals surface area contributed by atoms with Crippen LogP contribution in [0.1, 0.15) is 17.7 Å². The van der Waals surface area contributed by atoms with Crippen LogP contribution in [0, 0.1) is 13.8 Å². The van der Waals surface area contributed by atoms with Crippen LogP contribution in [0.25, 0.3) is 10.9 Å². The molecule has 1 unspecified atom stereocenters. The van der Waals surface area contributed by atoms with Crippen molar-refractivity contribution in [3.63, 3.8) is 0 Å². The third-order valence-corrected chi connectivity index (χ3v) is 4.54. The number of nitrogens with zero attached hydrogens (tertiary/aromatic N) is 3. The molecule has 29 heavy (non-hydrogen) atoms. The van der Waals surface area contributed by atoms with E-state index in [4.69, 9.17) is 0 Å². The fourth-order valence-electron chi connectivity index (χ4n) is 3.11. The van der Waals surface area contributed by atoms with Crippen molar-refractivity contribution in [3.8, 4) is 0 Å². The molecule has 8 heteroatoms. The molecule has 0 aliphatic carbocycles. The molecule has 0 saturated carbocycles. The normalized spacial score (nSPS) is 16.1. The molecule has 2 heterocycles. The van der Waals surface area contributed by atoms with Gasteiger partial charge < -0.3 is 5.32 Å². The molecular weight excluding hydrogens is 368 g/mol. The van der Waals surface area contributed by atoms with Crippen molar-refractivity contribution < 1.29 is 9.59 Å². The number of rotatable bonds is 3. The van der Waals surface area contributed by atoms with Crippen molar-refractivity contribution in [2.75, 3.05) is 10.6 Å². The number of hydrogen-bond acceptors (Lipinski definition) is 6. The number of para-hydroxylation sites is 1.